The van der Waals surface area contributed by atoms with E-state index in [4.69, 9.17) is 9.72 Å². The van der Waals surface area contributed by atoms with Gasteiger partial charge in [0, 0.05) is 51.7 Å². The maximum atomic E-state index is 5.59. The van der Waals surface area contributed by atoms with Crippen LogP contribution in [0.25, 0.3) is 5.65 Å². The molecule has 0 aliphatic rings. The number of pyridine rings is 1. The minimum absolute atomic E-state index is 0. The molecule has 0 spiro atoms. The van der Waals surface area contributed by atoms with Gasteiger partial charge in [-0.15, -0.1) is 24.0 Å². The molecule has 0 aliphatic heterocycles. The molecule has 2 heterocycles. The molecular weight excluding hydrogens is 453 g/mol. The van der Waals surface area contributed by atoms with Crippen molar-refractivity contribution >= 4 is 35.6 Å². The summed E-state index contributed by atoms with van der Waals surface area (Å²) in [5.41, 5.74) is 3.32. The van der Waals surface area contributed by atoms with Gasteiger partial charge in [0.05, 0.1) is 5.69 Å². The average Bonchev–Trinajstić information content (AvgIpc) is 3.02. The van der Waals surface area contributed by atoms with Crippen molar-refractivity contribution in [2.45, 2.75) is 40.5 Å². The number of hydrogen-bond acceptors (Lipinski definition) is 3. The van der Waals surface area contributed by atoms with E-state index in [2.05, 4.69) is 60.0 Å². The molecule has 0 fully saturated rings. The van der Waals surface area contributed by atoms with Crippen molar-refractivity contribution in [2.24, 2.45) is 10.9 Å². The van der Waals surface area contributed by atoms with E-state index in [1.165, 1.54) is 5.56 Å². The minimum Gasteiger partial charge on any atom is -0.381 e. The van der Waals surface area contributed by atoms with Crippen molar-refractivity contribution in [3.63, 3.8) is 0 Å². The third kappa shape index (κ3) is 8.47. The van der Waals surface area contributed by atoms with Crippen LogP contribution in [-0.4, -0.2) is 48.2 Å². The number of aliphatic imine (C=N–C) groups is 1. The lowest BCUT2D eigenvalue weighted by Gasteiger charge is -2.11. The van der Waals surface area contributed by atoms with E-state index in [9.17, 15) is 0 Å². The second kappa shape index (κ2) is 12.9. The van der Waals surface area contributed by atoms with Crippen LogP contribution in [0.3, 0.4) is 0 Å². The summed E-state index contributed by atoms with van der Waals surface area (Å²) in [5, 5.41) is 6.67. The lowest BCUT2D eigenvalue weighted by Crippen LogP contribution is -2.38. The predicted molar refractivity (Wildman–Crippen MR) is 123 cm³/mol. The number of nitrogens with zero attached hydrogens (tertiary/aromatic N) is 3. The van der Waals surface area contributed by atoms with E-state index in [0.717, 1.165) is 63.0 Å². The third-order valence-corrected chi connectivity index (χ3v) is 3.91. The second-order valence-corrected chi connectivity index (χ2v) is 6.91. The molecule has 0 unspecified atom stereocenters. The van der Waals surface area contributed by atoms with Gasteiger partial charge in [-0.25, -0.2) is 4.98 Å². The van der Waals surface area contributed by atoms with Crippen LogP contribution < -0.4 is 10.6 Å². The summed E-state index contributed by atoms with van der Waals surface area (Å²) in [5.74, 6) is 1.44. The summed E-state index contributed by atoms with van der Waals surface area (Å²) in [7, 11) is 0. The lowest BCUT2D eigenvalue weighted by molar-refractivity contribution is 0.109. The molecular formula is C20H34IN5O. The number of hydrogen-bond donors (Lipinski definition) is 2. The van der Waals surface area contributed by atoms with Crippen LogP contribution in [0.2, 0.25) is 0 Å². The monoisotopic (exact) mass is 487 g/mol. The quantitative estimate of drug-likeness (QED) is 0.233. The van der Waals surface area contributed by atoms with Crippen LogP contribution >= 0.6 is 24.0 Å². The SMILES string of the molecule is CCNC(=NCCCOCC(C)C)NCCc1cn2cccc(C)c2n1.I. The van der Waals surface area contributed by atoms with Crippen molar-refractivity contribution in [2.75, 3.05) is 32.8 Å². The third-order valence-electron chi connectivity index (χ3n) is 3.91. The van der Waals surface area contributed by atoms with Gasteiger partial charge in [0.2, 0.25) is 0 Å². The lowest BCUT2D eigenvalue weighted by atomic mass is 10.2. The highest BCUT2D eigenvalue weighted by molar-refractivity contribution is 14.0. The highest BCUT2D eigenvalue weighted by Gasteiger charge is 2.04. The van der Waals surface area contributed by atoms with Crippen LogP contribution in [0, 0.1) is 12.8 Å². The number of nitrogens with one attached hydrogen (secondary N) is 2. The number of imidazole rings is 1. The van der Waals surface area contributed by atoms with Gasteiger partial charge in [-0.1, -0.05) is 19.9 Å². The highest BCUT2D eigenvalue weighted by Crippen LogP contribution is 2.09. The molecule has 0 amide bonds. The zero-order valence-corrected chi connectivity index (χ0v) is 19.3. The average molecular weight is 487 g/mol. The molecule has 0 bridgehead atoms. The molecule has 0 atom stereocenters. The van der Waals surface area contributed by atoms with Crippen molar-refractivity contribution in [3.8, 4) is 0 Å². The smallest absolute Gasteiger partial charge is 0.191 e. The van der Waals surface area contributed by atoms with Gasteiger partial charge in [0.25, 0.3) is 0 Å². The first-order valence-corrected chi connectivity index (χ1v) is 9.63. The Morgan fingerprint density at radius 3 is 2.85 bits per heavy atom. The summed E-state index contributed by atoms with van der Waals surface area (Å²) < 4.78 is 7.68. The van der Waals surface area contributed by atoms with Gasteiger partial charge in [-0.05, 0) is 37.8 Å². The minimum atomic E-state index is 0. The Morgan fingerprint density at radius 2 is 2.15 bits per heavy atom. The first kappa shape index (κ1) is 23.7. The fourth-order valence-electron chi connectivity index (χ4n) is 2.65. The second-order valence-electron chi connectivity index (χ2n) is 6.91. The topological polar surface area (TPSA) is 63.0 Å². The molecule has 0 radical (unpaired) electrons. The molecule has 2 aromatic heterocycles. The molecule has 7 heteroatoms. The summed E-state index contributed by atoms with van der Waals surface area (Å²) >= 11 is 0. The fraction of sp³-hybridized carbons (Fsp3) is 0.600. The molecule has 2 rings (SSSR count). The molecule has 0 aromatic carbocycles. The molecule has 0 aliphatic carbocycles. The fourth-order valence-corrected chi connectivity index (χ4v) is 2.65. The van der Waals surface area contributed by atoms with Crippen molar-refractivity contribution in [3.05, 3.63) is 35.8 Å². The standard InChI is InChI=1S/C20H33N5O.HI/c1-5-21-20(22-10-7-13-26-15-16(2)3)23-11-9-18-14-25-12-6-8-17(4)19(25)24-18;/h6,8,12,14,16H,5,7,9-11,13,15H2,1-4H3,(H2,21,22,23);1H. The Morgan fingerprint density at radius 1 is 1.33 bits per heavy atom. The van der Waals surface area contributed by atoms with Gasteiger partial charge in [0.1, 0.15) is 5.65 Å². The van der Waals surface area contributed by atoms with E-state index in [0.29, 0.717) is 5.92 Å². The van der Waals surface area contributed by atoms with E-state index >= 15 is 0 Å². The summed E-state index contributed by atoms with van der Waals surface area (Å²) in [6.45, 7) is 12.5. The Balaban J connectivity index is 0.00000364. The van der Waals surface area contributed by atoms with Crippen LogP contribution in [-0.2, 0) is 11.2 Å². The van der Waals surface area contributed by atoms with Gasteiger partial charge in [-0.3, -0.25) is 4.99 Å². The number of rotatable bonds is 10. The van der Waals surface area contributed by atoms with Gasteiger partial charge in [-0.2, -0.15) is 0 Å². The molecule has 2 aromatic rings. The Bertz CT molecular complexity index is 699. The van der Waals surface area contributed by atoms with Crippen LogP contribution in [0.4, 0.5) is 0 Å². The summed E-state index contributed by atoms with van der Waals surface area (Å²) in [6.07, 6.45) is 5.94. The number of halogens is 1. The Hall–Kier alpha value is -1.35. The van der Waals surface area contributed by atoms with Gasteiger partial charge >= 0.3 is 0 Å². The van der Waals surface area contributed by atoms with Crippen LogP contribution in [0.5, 0.6) is 0 Å². The van der Waals surface area contributed by atoms with E-state index in [1.807, 2.05) is 12.3 Å². The Kier molecular flexibility index (Phi) is 11.3. The molecule has 152 valence electrons. The molecule has 2 N–H and O–H groups in total. The van der Waals surface area contributed by atoms with E-state index in [-0.39, 0.29) is 24.0 Å². The molecule has 0 saturated carbocycles. The molecule has 27 heavy (non-hydrogen) atoms. The van der Waals surface area contributed by atoms with Gasteiger partial charge < -0.3 is 19.8 Å². The van der Waals surface area contributed by atoms with Crippen molar-refractivity contribution < 1.29 is 4.74 Å². The number of aromatic nitrogens is 2. The van der Waals surface area contributed by atoms with Crippen LogP contribution in [0.15, 0.2) is 29.5 Å². The van der Waals surface area contributed by atoms with Crippen LogP contribution in [0.1, 0.15) is 38.4 Å². The normalized spacial score (nSPS) is 11.7. The predicted octanol–water partition coefficient (Wildman–Crippen LogP) is 3.42. The largest absolute Gasteiger partial charge is 0.381 e. The molecule has 6 nitrogen and oxygen atoms in total. The zero-order chi connectivity index (χ0) is 18.8. The maximum Gasteiger partial charge on any atom is 0.191 e. The van der Waals surface area contributed by atoms with Crippen molar-refractivity contribution in [1.82, 2.24) is 20.0 Å². The number of ether oxygens (including phenoxy) is 1. The summed E-state index contributed by atoms with van der Waals surface area (Å²) in [6, 6.07) is 4.14. The number of aryl methyl sites for hydroxylation is 1. The van der Waals surface area contributed by atoms with E-state index in [1.54, 1.807) is 0 Å². The Labute approximate surface area is 180 Å². The van der Waals surface area contributed by atoms with E-state index < -0.39 is 0 Å². The first-order valence-electron chi connectivity index (χ1n) is 9.63. The first-order chi connectivity index (χ1) is 12.6. The van der Waals surface area contributed by atoms with Gasteiger partial charge in [0.15, 0.2) is 5.96 Å². The number of guanidine groups is 1. The number of fused-ring (bicyclic) bond motifs is 1. The highest BCUT2D eigenvalue weighted by atomic mass is 127. The van der Waals surface area contributed by atoms with Crippen molar-refractivity contribution in [1.29, 1.82) is 0 Å². The molecule has 0 saturated heterocycles. The zero-order valence-electron chi connectivity index (χ0n) is 17.0. The maximum absolute atomic E-state index is 5.59. The summed E-state index contributed by atoms with van der Waals surface area (Å²) in [4.78, 5) is 9.32.